The van der Waals surface area contributed by atoms with Crippen LogP contribution in [0.2, 0.25) is 0 Å². The molecule has 0 unspecified atom stereocenters. The summed E-state index contributed by atoms with van der Waals surface area (Å²) in [6, 6.07) is -0.0656. The Labute approximate surface area is 170 Å². The van der Waals surface area contributed by atoms with Crippen LogP contribution in [0, 0.1) is 5.82 Å². The number of halogens is 10. The lowest BCUT2D eigenvalue weighted by Gasteiger charge is -2.23. The van der Waals surface area contributed by atoms with Gasteiger partial charge in [0.05, 0.1) is 17.2 Å². The quantitative estimate of drug-likeness (QED) is 0.391. The minimum atomic E-state index is -6.19. The number of ether oxygens (including phenoxy) is 1. The Bertz CT molecular complexity index is 965. The molecule has 0 amide bonds. The monoisotopic (exact) mass is 512 g/mol. The van der Waals surface area contributed by atoms with Crippen LogP contribution < -0.4 is 0 Å². The molecule has 1 aromatic heterocycles. The van der Waals surface area contributed by atoms with E-state index < -0.39 is 69.0 Å². The number of imidazole rings is 1. The fraction of sp³-hybridized carbons (Fsp3) is 0.375. The topological polar surface area (TPSA) is 55.0 Å². The lowest BCUT2D eigenvalue weighted by Crippen LogP contribution is -2.35. The van der Waals surface area contributed by atoms with Crippen molar-refractivity contribution in [2.24, 2.45) is 0 Å². The van der Waals surface area contributed by atoms with Gasteiger partial charge >= 0.3 is 24.2 Å². The number of hydrogen-bond acceptors (Lipinski definition) is 3. The largest absolute Gasteiger partial charge is 0.459 e. The van der Waals surface area contributed by atoms with E-state index in [-0.39, 0.29) is 12.1 Å². The van der Waals surface area contributed by atoms with E-state index in [2.05, 4.69) is 25.7 Å². The van der Waals surface area contributed by atoms with Crippen LogP contribution in [0.3, 0.4) is 0 Å². The first-order valence-electron chi connectivity index (χ1n) is 7.79. The molecular formula is C16H10BrF9N2O2. The van der Waals surface area contributed by atoms with E-state index in [9.17, 15) is 44.3 Å². The minimum absolute atomic E-state index is 0.223. The molecule has 0 bridgehead atoms. The van der Waals surface area contributed by atoms with Gasteiger partial charge in [0.2, 0.25) is 0 Å². The molecule has 0 aliphatic rings. The molecule has 30 heavy (non-hydrogen) atoms. The highest BCUT2D eigenvalue weighted by molar-refractivity contribution is 9.10. The molecule has 0 saturated heterocycles. The molecule has 2 rings (SSSR count). The zero-order valence-corrected chi connectivity index (χ0v) is 16.4. The smallest absolute Gasteiger partial charge is 0.458 e. The van der Waals surface area contributed by atoms with Crippen molar-refractivity contribution in [2.75, 3.05) is 0 Å². The zero-order valence-electron chi connectivity index (χ0n) is 14.8. The van der Waals surface area contributed by atoms with E-state index >= 15 is 0 Å². The van der Waals surface area contributed by atoms with Gasteiger partial charge in [0.25, 0.3) is 0 Å². The molecule has 1 N–H and O–H groups in total. The maximum atomic E-state index is 14.4. The first kappa shape index (κ1) is 24.0. The van der Waals surface area contributed by atoms with Gasteiger partial charge in [-0.15, -0.1) is 0 Å². The molecule has 1 aromatic carbocycles. The third kappa shape index (κ3) is 4.57. The summed E-state index contributed by atoms with van der Waals surface area (Å²) in [4.78, 5) is 17.1. The molecule has 14 heteroatoms. The van der Waals surface area contributed by atoms with Gasteiger partial charge in [-0.3, -0.25) is 0 Å². The number of alkyl halides is 8. The van der Waals surface area contributed by atoms with Gasteiger partial charge in [0.15, 0.2) is 5.69 Å². The van der Waals surface area contributed by atoms with E-state index in [1.807, 2.05) is 0 Å². The molecule has 0 radical (unpaired) electrons. The number of benzene rings is 1. The highest BCUT2D eigenvalue weighted by Crippen LogP contribution is 2.46. The second-order valence-corrected chi connectivity index (χ2v) is 6.90. The molecule has 0 spiro atoms. The lowest BCUT2D eigenvalue weighted by atomic mass is 9.97. The summed E-state index contributed by atoms with van der Waals surface area (Å²) < 4.78 is 123. The second kappa shape index (κ2) is 7.78. The molecule has 2 aromatic rings. The number of nitrogens with zero attached hydrogens (tertiary/aromatic N) is 1. The van der Waals surface area contributed by atoms with Crippen LogP contribution >= 0.6 is 15.9 Å². The van der Waals surface area contributed by atoms with Crippen LogP contribution in [0.15, 0.2) is 16.7 Å². The van der Waals surface area contributed by atoms with E-state index in [0.717, 1.165) is 0 Å². The fourth-order valence-corrected chi connectivity index (χ4v) is 2.78. The number of H-pyrrole nitrogens is 1. The van der Waals surface area contributed by atoms with Crippen LogP contribution in [-0.4, -0.2) is 28.2 Å². The van der Waals surface area contributed by atoms with Crippen molar-refractivity contribution in [3.8, 4) is 11.4 Å². The molecular weight excluding hydrogens is 503 g/mol. The molecule has 0 atom stereocenters. The Hall–Kier alpha value is -2.25. The maximum absolute atomic E-state index is 14.4. The number of esters is 1. The number of nitrogens with one attached hydrogen (secondary N) is 1. The molecule has 1 heterocycles. The number of rotatable bonds is 4. The van der Waals surface area contributed by atoms with Crippen molar-refractivity contribution in [1.82, 2.24) is 9.97 Å². The molecule has 0 saturated carbocycles. The lowest BCUT2D eigenvalue weighted by molar-refractivity contribution is -0.289. The number of carbonyl (C=O) groups is 1. The predicted octanol–water partition coefficient (Wildman–Crippen LogP) is 6.22. The Balaban J connectivity index is 2.76. The van der Waals surface area contributed by atoms with Crippen molar-refractivity contribution in [2.45, 2.75) is 38.2 Å². The summed E-state index contributed by atoms with van der Waals surface area (Å²) in [5, 5.41) is 0. The first-order valence-corrected chi connectivity index (χ1v) is 8.58. The summed E-state index contributed by atoms with van der Waals surface area (Å²) in [5.74, 6) is -9.96. The fourth-order valence-electron chi connectivity index (χ4n) is 2.28. The Morgan fingerprint density at radius 1 is 1.10 bits per heavy atom. The van der Waals surface area contributed by atoms with Gasteiger partial charge in [-0.2, -0.15) is 35.1 Å². The van der Waals surface area contributed by atoms with Crippen LogP contribution in [0.5, 0.6) is 0 Å². The van der Waals surface area contributed by atoms with Crippen LogP contribution in [-0.2, 0) is 16.8 Å². The minimum Gasteiger partial charge on any atom is -0.459 e. The summed E-state index contributed by atoms with van der Waals surface area (Å²) in [5.41, 5.74) is -5.86. The molecule has 0 aliphatic carbocycles. The second-order valence-electron chi connectivity index (χ2n) is 6.15. The van der Waals surface area contributed by atoms with Crippen molar-refractivity contribution in [1.29, 1.82) is 0 Å². The van der Waals surface area contributed by atoms with E-state index in [4.69, 9.17) is 0 Å². The first-order chi connectivity index (χ1) is 13.5. The maximum Gasteiger partial charge on any atom is 0.458 e. The van der Waals surface area contributed by atoms with Gasteiger partial charge in [-0.05, 0) is 41.9 Å². The van der Waals surface area contributed by atoms with Gasteiger partial charge in [0.1, 0.15) is 16.2 Å². The Kier molecular flexibility index (Phi) is 6.23. The average Bonchev–Trinajstić information content (AvgIpc) is 2.94. The zero-order chi connectivity index (χ0) is 23.2. The van der Waals surface area contributed by atoms with Crippen LogP contribution in [0.1, 0.15) is 35.5 Å². The van der Waals surface area contributed by atoms with Crippen LogP contribution in [0.25, 0.3) is 11.4 Å². The summed E-state index contributed by atoms with van der Waals surface area (Å²) in [6.07, 6.45) is -12.1. The van der Waals surface area contributed by atoms with E-state index in [1.165, 1.54) is 13.8 Å². The Morgan fingerprint density at radius 3 is 2.10 bits per heavy atom. The van der Waals surface area contributed by atoms with Crippen LogP contribution in [0.4, 0.5) is 39.5 Å². The highest BCUT2D eigenvalue weighted by atomic mass is 79.9. The summed E-state index contributed by atoms with van der Waals surface area (Å²) >= 11 is 2.48. The SMILES string of the molecule is CC(C)OC(=O)c1cc(-c2nc(Br)c(C(F)(F)F)[nH]2)c(F)cc1C(F)(F)C(F)(F)F. The van der Waals surface area contributed by atoms with Crippen molar-refractivity contribution >= 4 is 21.9 Å². The highest BCUT2D eigenvalue weighted by Gasteiger charge is 2.60. The molecule has 0 aliphatic heterocycles. The predicted molar refractivity (Wildman–Crippen MR) is 87.2 cm³/mol. The van der Waals surface area contributed by atoms with Crippen molar-refractivity contribution in [3.63, 3.8) is 0 Å². The number of aromatic nitrogens is 2. The molecule has 0 fully saturated rings. The van der Waals surface area contributed by atoms with E-state index in [0.29, 0.717) is 0 Å². The normalized spacial score (nSPS) is 13.1. The number of aromatic amines is 1. The number of carbonyl (C=O) groups excluding carboxylic acids is 1. The average molecular weight is 513 g/mol. The molecule has 4 nitrogen and oxygen atoms in total. The van der Waals surface area contributed by atoms with Gasteiger partial charge in [-0.25, -0.2) is 14.2 Å². The molecule has 166 valence electrons. The number of hydrogen-bond donors (Lipinski definition) is 1. The third-order valence-corrected chi connectivity index (χ3v) is 4.14. The van der Waals surface area contributed by atoms with Gasteiger partial charge < -0.3 is 9.72 Å². The summed E-state index contributed by atoms with van der Waals surface area (Å²) in [7, 11) is 0. The standard InChI is InChI=1S/C16H10BrF9N2O2/c1-5(2)30-13(29)6-3-7(12-27-10(11(17)28-12)15(21,22)23)9(18)4-8(6)14(19,20)16(24,25)26/h3-5H,1-2H3,(H,27,28). The van der Waals surface area contributed by atoms with Gasteiger partial charge in [0, 0.05) is 5.56 Å². The van der Waals surface area contributed by atoms with Gasteiger partial charge in [-0.1, -0.05) is 0 Å². The van der Waals surface area contributed by atoms with E-state index in [1.54, 1.807) is 4.98 Å². The third-order valence-electron chi connectivity index (χ3n) is 3.56. The Morgan fingerprint density at radius 2 is 1.67 bits per heavy atom. The van der Waals surface area contributed by atoms with Crippen molar-refractivity contribution < 1.29 is 49.0 Å². The van der Waals surface area contributed by atoms with Crippen molar-refractivity contribution in [3.05, 3.63) is 39.4 Å². The summed E-state index contributed by atoms with van der Waals surface area (Å²) in [6.45, 7) is 2.53.